The molecule has 1 saturated heterocycles. The molecule has 1 aromatic rings. The van der Waals surface area contributed by atoms with Crippen LogP contribution in [0.1, 0.15) is 20.8 Å². The van der Waals surface area contributed by atoms with E-state index in [4.69, 9.17) is 9.47 Å². The third-order valence-corrected chi connectivity index (χ3v) is 5.16. The molecule has 0 spiro atoms. The topological polar surface area (TPSA) is 64.6 Å². The van der Waals surface area contributed by atoms with Crippen LogP contribution in [0.5, 0.6) is 5.75 Å². The average Bonchev–Trinajstić information content (AvgIpc) is 2.44. The van der Waals surface area contributed by atoms with E-state index >= 15 is 0 Å². The van der Waals surface area contributed by atoms with Crippen molar-refractivity contribution in [3.8, 4) is 5.75 Å². The van der Waals surface area contributed by atoms with Crippen molar-refractivity contribution in [3.05, 3.63) is 24.3 Å². The Morgan fingerprint density at radius 2 is 2.00 bits per heavy atom. The molecule has 0 aliphatic carbocycles. The molecule has 1 heterocycles. The molecule has 1 fully saturated rings. The molecule has 0 amide bonds. The number of nitrogens with one attached hydrogen (secondary N) is 1. The highest BCUT2D eigenvalue weighted by atomic mass is 32.2. The van der Waals surface area contributed by atoms with E-state index in [1.54, 1.807) is 31.2 Å². The van der Waals surface area contributed by atoms with E-state index in [1.807, 2.05) is 13.8 Å². The van der Waals surface area contributed by atoms with Crippen molar-refractivity contribution in [2.75, 3.05) is 25.4 Å². The first-order valence-electron chi connectivity index (χ1n) is 7.16. The zero-order valence-corrected chi connectivity index (χ0v) is 13.6. The lowest BCUT2D eigenvalue weighted by Gasteiger charge is -2.36. The molecule has 1 aliphatic rings. The number of sulfone groups is 1. The minimum atomic E-state index is -3.16. The van der Waals surface area contributed by atoms with E-state index < -0.39 is 9.84 Å². The van der Waals surface area contributed by atoms with Gasteiger partial charge in [0.05, 0.1) is 16.2 Å². The smallest absolute Gasteiger partial charge is 0.178 e. The maximum absolute atomic E-state index is 11.7. The van der Waals surface area contributed by atoms with Crippen LogP contribution in [0.15, 0.2) is 29.2 Å². The highest BCUT2D eigenvalue weighted by Gasteiger charge is 2.28. The molecular weight excluding hydrogens is 290 g/mol. The van der Waals surface area contributed by atoms with Crippen molar-refractivity contribution in [1.29, 1.82) is 0 Å². The molecule has 0 saturated carbocycles. The molecule has 1 unspecified atom stereocenters. The summed E-state index contributed by atoms with van der Waals surface area (Å²) in [5.74, 6) is 0.751. The van der Waals surface area contributed by atoms with Gasteiger partial charge in [-0.25, -0.2) is 8.42 Å². The van der Waals surface area contributed by atoms with E-state index in [0.29, 0.717) is 17.3 Å². The van der Waals surface area contributed by atoms with Gasteiger partial charge in [-0.15, -0.1) is 0 Å². The van der Waals surface area contributed by atoms with Gasteiger partial charge in [0.1, 0.15) is 18.5 Å². The van der Waals surface area contributed by atoms with Gasteiger partial charge in [-0.2, -0.15) is 0 Å². The van der Waals surface area contributed by atoms with Crippen molar-refractivity contribution in [1.82, 2.24) is 5.32 Å². The number of hydrogen-bond acceptors (Lipinski definition) is 5. The average molecular weight is 313 g/mol. The minimum absolute atomic E-state index is 0.00667. The molecule has 1 N–H and O–H groups in total. The van der Waals surface area contributed by atoms with Crippen molar-refractivity contribution >= 4 is 9.84 Å². The van der Waals surface area contributed by atoms with Gasteiger partial charge in [0.2, 0.25) is 0 Å². The molecule has 1 aliphatic heterocycles. The molecule has 0 radical (unpaired) electrons. The number of ether oxygens (including phenoxy) is 2. The fraction of sp³-hybridized carbons (Fsp3) is 0.600. The van der Waals surface area contributed by atoms with Gasteiger partial charge in [-0.05, 0) is 38.1 Å². The first-order chi connectivity index (χ1) is 9.82. The van der Waals surface area contributed by atoms with Crippen LogP contribution in [0.4, 0.5) is 0 Å². The second-order valence-electron chi connectivity index (χ2n) is 5.82. The molecular formula is C15H23NO4S. The van der Waals surface area contributed by atoms with Crippen molar-refractivity contribution in [3.63, 3.8) is 0 Å². The normalized spacial score (nSPS) is 22.0. The molecule has 1 aromatic carbocycles. The lowest BCUT2D eigenvalue weighted by molar-refractivity contribution is -0.107. The van der Waals surface area contributed by atoms with Crippen molar-refractivity contribution < 1.29 is 17.9 Å². The molecule has 6 heteroatoms. The minimum Gasteiger partial charge on any atom is -0.491 e. The Morgan fingerprint density at radius 1 is 1.33 bits per heavy atom. The van der Waals surface area contributed by atoms with Crippen LogP contribution in [-0.4, -0.2) is 45.6 Å². The number of hydrogen-bond donors (Lipinski definition) is 1. The van der Waals surface area contributed by atoms with E-state index in [-0.39, 0.29) is 17.5 Å². The Morgan fingerprint density at radius 3 is 2.57 bits per heavy atom. The first kappa shape index (κ1) is 16.3. The summed E-state index contributed by atoms with van der Waals surface area (Å²) < 4.78 is 35.0. The SMILES string of the molecule is CCS(=O)(=O)c1ccc(OCC2CNCC(C)(C)O2)cc1. The predicted octanol–water partition coefficient (Wildman–Crippen LogP) is 1.63. The van der Waals surface area contributed by atoms with Gasteiger partial charge in [-0.3, -0.25) is 0 Å². The Balaban J connectivity index is 1.92. The van der Waals surface area contributed by atoms with Crippen LogP contribution in [0.2, 0.25) is 0 Å². The number of benzene rings is 1. The number of rotatable bonds is 5. The lowest BCUT2D eigenvalue weighted by atomic mass is 10.1. The molecule has 0 bridgehead atoms. The summed E-state index contributed by atoms with van der Waals surface area (Å²) >= 11 is 0. The van der Waals surface area contributed by atoms with Gasteiger partial charge in [0, 0.05) is 13.1 Å². The molecule has 21 heavy (non-hydrogen) atoms. The van der Waals surface area contributed by atoms with E-state index in [9.17, 15) is 8.42 Å². The third-order valence-electron chi connectivity index (χ3n) is 3.41. The molecule has 5 nitrogen and oxygen atoms in total. The van der Waals surface area contributed by atoms with E-state index in [2.05, 4.69) is 5.32 Å². The zero-order chi connectivity index (χ0) is 15.5. The van der Waals surface area contributed by atoms with Crippen molar-refractivity contribution in [2.24, 2.45) is 0 Å². The standard InChI is InChI=1S/C15H23NO4S/c1-4-21(17,18)14-7-5-12(6-8-14)19-10-13-9-16-11-15(2,3)20-13/h5-8,13,16H,4,9-11H2,1-3H3. The first-order valence-corrected chi connectivity index (χ1v) is 8.82. The summed E-state index contributed by atoms with van der Waals surface area (Å²) in [5, 5.41) is 3.31. The Kier molecular flexibility index (Phi) is 4.91. The maximum atomic E-state index is 11.7. The largest absolute Gasteiger partial charge is 0.491 e. The second-order valence-corrected chi connectivity index (χ2v) is 8.09. The third kappa shape index (κ3) is 4.43. The summed E-state index contributed by atoms with van der Waals surface area (Å²) in [6.07, 6.45) is -0.00667. The summed E-state index contributed by atoms with van der Waals surface area (Å²) in [6.45, 7) is 7.73. The Labute approximate surface area is 126 Å². The highest BCUT2D eigenvalue weighted by molar-refractivity contribution is 7.91. The van der Waals surface area contributed by atoms with Gasteiger partial charge < -0.3 is 14.8 Å². The molecule has 0 aromatic heterocycles. The number of morpholine rings is 1. The lowest BCUT2D eigenvalue weighted by Crippen LogP contribution is -2.52. The summed E-state index contributed by atoms with van der Waals surface area (Å²) in [7, 11) is -3.16. The highest BCUT2D eigenvalue weighted by Crippen LogP contribution is 2.19. The summed E-state index contributed by atoms with van der Waals surface area (Å²) in [6, 6.07) is 6.53. The van der Waals surface area contributed by atoms with Crippen LogP contribution in [0.25, 0.3) is 0 Å². The Hall–Kier alpha value is -1.11. The van der Waals surface area contributed by atoms with Crippen LogP contribution in [-0.2, 0) is 14.6 Å². The summed E-state index contributed by atoms with van der Waals surface area (Å²) in [5.41, 5.74) is -0.189. The zero-order valence-electron chi connectivity index (χ0n) is 12.8. The molecule has 118 valence electrons. The van der Waals surface area contributed by atoms with Crippen LogP contribution >= 0.6 is 0 Å². The van der Waals surface area contributed by atoms with Crippen LogP contribution in [0.3, 0.4) is 0 Å². The van der Waals surface area contributed by atoms with Gasteiger partial charge in [0.25, 0.3) is 0 Å². The van der Waals surface area contributed by atoms with Gasteiger partial charge in [0.15, 0.2) is 9.84 Å². The molecule has 1 atom stereocenters. The summed E-state index contributed by atoms with van der Waals surface area (Å²) in [4.78, 5) is 0.328. The fourth-order valence-corrected chi connectivity index (χ4v) is 3.14. The second kappa shape index (κ2) is 6.34. The van der Waals surface area contributed by atoms with Gasteiger partial charge in [-0.1, -0.05) is 6.92 Å². The predicted molar refractivity (Wildman–Crippen MR) is 81.5 cm³/mol. The van der Waals surface area contributed by atoms with E-state index in [0.717, 1.165) is 13.1 Å². The van der Waals surface area contributed by atoms with Crippen LogP contribution < -0.4 is 10.1 Å². The van der Waals surface area contributed by atoms with Crippen LogP contribution in [0, 0.1) is 0 Å². The quantitative estimate of drug-likeness (QED) is 0.895. The molecule has 2 rings (SSSR count). The Bertz CT molecular complexity index is 566. The monoisotopic (exact) mass is 313 g/mol. The maximum Gasteiger partial charge on any atom is 0.178 e. The van der Waals surface area contributed by atoms with Crippen molar-refractivity contribution in [2.45, 2.75) is 37.4 Å². The van der Waals surface area contributed by atoms with Gasteiger partial charge >= 0.3 is 0 Å². The van der Waals surface area contributed by atoms with E-state index in [1.165, 1.54) is 0 Å². The fourth-order valence-electron chi connectivity index (χ4n) is 2.26.